The second-order valence-corrected chi connectivity index (χ2v) is 9.17. The quantitative estimate of drug-likeness (QED) is 0.653. The molecule has 0 radical (unpaired) electrons. The first-order chi connectivity index (χ1) is 13.6. The third-order valence-corrected chi connectivity index (χ3v) is 7.41. The maximum atomic E-state index is 6.32. The van der Waals surface area contributed by atoms with E-state index in [-0.39, 0.29) is 5.41 Å². The predicted octanol–water partition coefficient (Wildman–Crippen LogP) is 5.88. The second kappa shape index (κ2) is 6.72. The lowest BCUT2D eigenvalue weighted by molar-refractivity contribution is 0.112. The molecular weight excluding hydrogens is 346 g/mol. The maximum absolute atomic E-state index is 6.32. The topological polar surface area (TPSA) is 21.7 Å². The van der Waals surface area contributed by atoms with Gasteiger partial charge in [0.25, 0.3) is 0 Å². The van der Waals surface area contributed by atoms with Gasteiger partial charge in [0.1, 0.15) is 11.5 Å². The highest BCUT2D eigenvalue weighted by Crippen LogP contribution is 2.58. The fourth-order valence-electron chi connectivity index (χ4n) is 5.90. The molecule has 28 heavy (non-hydrogen) atoms. The molecule has 0 bridgehead atoms. The van der Waals surface area contributed by atoms with Crippen LogP contribution in [0.2, 0.25) is 0 Å². The number of rotatable bonds is 2. The van der Waals surface area contributed by atoms with E-state index in [1.807, 2.05) is 6.07 Å². The minimum absolute atomic E-state index is 0.0466. The summed E-state index contributed by atoms with van der Waals surface area (Å²) < 4.78 is 12.2. The Kier molecular flexibility index (Phi) is 4.30. The van der Waals surface area contributed by atoms with Gasteiger partial charge in [-0.25, -0.2) is 0 Å². The molecular formula is C25H31NO2. The van der Waals surface area contributed by atoms with Crippen LogP contribution in [0.25, 0.3) is 0 Å². The zero-order valence-corrected chi connectivity index (χ0v) is 17.3. The summed E-state index contributed by atoms with van der Waals surface area (Å²) in [7, 11) is 1.78. The Balaban J connectivity index is 1.74. The molecule has 0 amide bonds. The molecule has 3 nitrogen and oxygen atoms in total. The molecule has 2 aromatic rings. The van der Waals surface area contributed by atoms with Gasteiger partial charge in [0.2, 0.25) is 0 Å². The van der Waals surface area contributed by atoms with Crippen molar-refractivity contribution in [2.45, 2.75) is 63.5 Å². The highest BCUT2D eigenvalue weighted by molar-refractivity contribution is 5.65. The van der Waals surface area contributed by atoms with Crippen LogP contribution >= 0.6 is 0 Å². The minimum atomic E-state index is 0.0466. The summed E-state index contributed by atoms with van der Waals surface area (Å²) in [5.74, 6) is 2.35. The first kappa shape index (κ1) is 17.9. The summed E-state index contributed by atoms with van der Waals surface area (Å²) in [5, 5.41) is 0. The number of nitrogens with zero attached hydrogens (tertiary/aromatic N) is 1. The first-order valence-electron chi connectivity index (χ1n) is 10.8. The van der Waals surface area contributed by atoms with Crippen molar-refractivity contribution < 1.29 is 9.47 Å². The van der Waals surface area contributed by atoms with E-state index in [0.29, 0.717) is 18.0 Å². The van der Waals surface area contributed by atoms with E-state index in [1.54, 1.807) is 7.11 Å². The molecule has 0 N–H and O–H groups in total. The van der Waals surface area contributed by atoms with Crippen molar-refractivity contribution in [3.05, 3.63) is 53.6 Å². The lowest BCUT2D eigenvalue weighted by Crippen LogP contribution is -2.54. The summed E-state index contributed by atoms with van der Waals surface area (Å²) in [4.78, 5) is 2.76. The fraction of sp³-hybridized carbons (Fsp3) is 0.520. The Bertz CT molecular complexity index is 854. The van der Waals surface area contributed by atoms with Crippen molar-refractivity contribution in [1.29, 1.82) is 0 Å². The van der Waals surface area contributed by atoms with Crippen LogP contribution in [-0.4, -0.2) is 19.8 Å². The smallest absolute Gasteiger partial charge is 0.128 e. The lowest BCUT2D eigenvalue weighted by atomic mass is 9.64. The number of benzene rings is 2. The molecule has 1 fully saturated rings. The molecule has 0 saturated heterocycles. The molecule has 2 atom stereocenters. The Morgan fingerprint density at radius 1 is 1.00 bits per heavy atom. The van der Waals surface area contributed by atoms with Crippen LogP contribution < -0.4 is 14.4 Å². The molecule has 0 aromatic heterocycles. The average molecular weight is 378 g/mol. The third kappa shape index (κ3) is 2.55. The van der Waals surface area contributed by atoms with Crippen molar-refractivity contribution >= 4 is 5.69 Å². The van der Waals surface area contributed by atoms with E-state index >= 15 is 0 Å². The summed E-state index contributed by atoms with van der Waals surface area (Å²) in [5.41, 5.74) is 4.17. The number of ether oxygens (including phenoxy) is 2. The van der Waals surface area contributed by atoms with Crippen molar-refractivity contribution in [3.8, 4) is 11.5 Å². The van der Waals surface area contributed by atoms with Crippen molar-refractivity contribution in [1.82, 2.24) is 0 Å². The van der Waals surface area contributed by atoms with Crippen LogP contribution in [0.1, 0.15) is 63.1 Å². The van der Waals surface area contributed by atoms with Crippen LogP contribution in [0, 0.1) is 5.92 Å². The standard InChI is InChI=1S/C25H31NO2/c1-25(2)18-12-7-8-13-20(18)26(17-10-5-4-6-11-17)24-19(25)16-28-22-15-9-14-21(27-3)23(22)24/h7-9,12-15,17,19,24H,4-6,10-11,16H2,1-3H3. The van der Waals surface area contributed by atoms with Crippen molar-refractivity contribution in [3.63, 3.8) is 0 Å². The van der Waals surface area contributed by atoms with Gasteiger partial charge in [-0.3, -0.25) is 0 Å². The highest BCUT2D eigenvalue weighted by atomic mass is 16.5. The minimum Gasteiger partial charge on any atom is -0.496 e. The summed E-state index contributed by atoms with van der Waals surface area (Å²) in [6.07, 6.45) is 6.60. The molecule has 3 heteroatoms. The number of methoxy groups -OCH3 is 1. The van der Waals surface area contributed by atoms with Gasteiger partial charge < -0.3 is 14.4 Å². The monoisotopic (exact) mass is 377 g/mol. The molecule has 3 aliphatic rings. The van der Waals surface area contributed by atoms with Crippen molar-refractivity contribution in [2.75, 3.05) is 18.6 Å². The van der Waals surface area contributed by atoms with E-state index < -0.39 is 0 Å². The van der Waals surface area contributed by atoms with Gasteiger partial charge in [-0.1, -0.05) is 57.4 Å². The van der Waals surface area contributed by atoms with E-state index in [1.165, 1.54) is 48.9 Å². The Morgan fingerprint density at radius 2 is 1.79 bits per heavy atom. The zero-order valence-electron chi connectivity index (χ0n) is 17.3. The largest absolute Gasteiger partial charge is 0.496 e. The van der Waals surface area contributed by atoms with Crippen molar-refractivity contribution in [2.24, 2.45) is 5.92 Å². The normalized spacial score (nSPS) is 25.9. The molecule has 0 spiro atoms. The van der Waals surface area contributed by atoms with E-state index in [2.05, 4.69) is 55.1 Å². The average Bonchev–Trinajstić information content (AvgIpc) is 2.74. The van der Waals surface area contributed by atoms with Crippen LogP contribution in [0.4, 0.5) is 5.69 Å². The number of hydrogen-bond acceptors (Lipinski definition) is 3. The molecule has 1 aliphatic carbocycles. The summed E-state index contributed by atoms with van der Waals surface area (Å²) in [6, 6.07) is 16.2. The molecule has 2 heterocycles. The van der Waals surface area contributed by atoms with Gasteiger partial charge in [0.15, 0.2) is 0 Å². The second-order valence-electron chi connectivity index (χ2n) is 9.17. The van der Waals surface area contributed by atoms with Gasteiger partial charge >= 0.3 is 0 Å². The molecule has 2 aliphatic heterocycles. The molecule has 5 rings (SSSR count). The van der Waals surface area contributed by atoms with Gasteiger partial charge in [0.05, 0.1) is 25.3 Å². The zero-order chi connectivity index (χ0) is 19.3. The number of para-hydroxylation sites is 1. The SMILES string of the molecule is COc1cccc2c1C1C(CO2)C(C)(C)c2ccccc2N1C1CCCCC1. The Labute approximate surface area is 168 Å². The summed E-state index contributed by atoms with van der Waals surface area (Å²) in [6.45, 7) is 5.55. The number of anilines is 1. The Hall–Kier alpha value is -2.16. The van der Waals surface area contributed by atoms with E-state index in [4.69, 9.17) is 9.47 Å². The van der Waals surface area contributed by atoms with Gasteiger partial charge in [-0.05, 0) is 36.6 Å². The predicted molar refractivity (Wildman–Crippen MR) is 114 cm³/mol. The van der Waals surface area contributed by atoms with Crippen LogP contribution in [0.15, 0.2) is 42.5 Å². The van der Waals surface area contributed by atoms with E-state index in [0.717, 1.165) is 18.1 Å². The summed E-state index contributed by atoms with van der Waals surface area (Å²) >= 11 is 0. The van der Waals surface area contributed by atoms with Gasteiger partial charge in [-0.2, -0.15) is 0 Å². The maximum Gasteiger partial charge on any atom is 0.128 e. The molecule has 2 aromatic carbocycles. The molecule has 2 unspecified atom stereocenters. The number of hydrogen-bond donors (Lipinski definition) is 0. The van der Waals surface area contributed by atoms with E-state index in [9.17, 15) is 0 Å². The molecule has 148 valence electrons. The van der Waals surface area contributed by atoms with Crippen LogP contribution in [0.3, 0.4) is 0 Å². The highest BCUT2D eigenvalue weighted by Gasteiger charge is 2.51. The first-order valence-corrected chi connectivity index (χ1v) is 10.8. The number of fused-ring (bicyclic) bond motifs is 4. The van der Waals surface area contributed by atoms with Crippen LogP contribution in [0.5, 0.6) is 11.5 Å². The molecule has 1 saturated carbocycles. The third-order valence-electron chi connectivity index (χ3n) is 7.41. The van der Waals surface area contributed by atoms with Gasteiger partial charge in [-0.15, -0.1) is 0 Å². The lowest BCUT2D eigenvalue weighted by Gasteiger charge is -2.56. The van der Waals surface area contributed by atoms with Crippen LogP contribution in [-0.2, 0) is 5.41 Å². The Morgan fingerprint density at radius 3 is 2.57 bits per heavy atom. The van der Waals surface area contributed by atoms with Gasteiger partial charge in [0, 0.05) is 23.1 Å². The fourth-order valence-corrected chi connectivity index (χ4v) is 5.90.